The molecule has 7 heteroatoms. The second-order valence-corrected chi connectivity index (χ2v) is 8.84. The minimum Gasteiger partial charge on any atom is -0.326 e. The van der Waals surface area contributed by atoms with Crippen LogP contribution in [-0.2, 0) is 19.4 Å². The van der Waals surface area contributed by atoms with E-state index in [-0.39, 0.29) is 23.1 Å². The summed E-state index contributed by atoms with van der Waals surface area (Å²) in [5.41, 5.74) is 2.11. The van der Waals surface area contributed by atoms with Crippen LogP contribution >= 0.6 is 0 Å². The number of nitrogens with zero attached hydrogens (tertiary/aromatic N) is 4. The van der Waals surface area contributed by atoms with E-state index in [0.29, 0.717) is 24.9 Å². The molecule has 5 rings (SSSR count). The normalized spacial score (nSPS) is 21.1. The highest BCUT2D eigenvalue weighted by Crippen LogP contribution is 2.40. The maximum atomic E-state index is 13.4. The molecule has 1 N–H and O–H groups in total. The molecule has 7 nitrogen and oxygen atoms in total. The Morgan fingerprint density at radius 2 is 2.11 bits per heavy atom. The number of nitrogens with one attached hydrogen (secondary N) is 1. The molecule has 1 atom stereocenters. The van der Waals surface area contributed by atoms with Gasteiger partial charge in [-0.2, -0.15) is 5.10 Å². The number of aromatic nitrogens is 4. The Morgan fingerprint density at radius 1 is 1.29 bits per heavy atom. The van der Waals surface area contributed by atoms with Crippen LogP contribution < -0.4 is 5.56 Å². The monoisotopic (exact) mass is 381 g/mol. The molecule has 1 saturated carbocycles. The largest absolute Gasteiger partial charge is 0.326 e. The molecule has 0 spiro atoms. The predicted octanol–water partition coefficient (Wildman–Crippen LogP) is 2.58. The fraction of sp³-hybridized carbons (Fsp3) is 0.619. The van der Waals surface area contributed by atoms with Gasteiger partial charge in [0.05, 0.1) is 12.6 Å². The summed E-state index contributed by atoms with van der Waals surface area (Å²) in [5.74, 6) is 2.53. The first kappa shape index (κ1) is 17.6. The quantitative estimate of drug-likeness (QED) is 0.882. The third kappa shape index (κ3) is 2.97. The Bertz CT molecular complexity index is 985. The van der Waals surface area contributed by atoms with Gasteiger partial charge in [0.25, 0.3) is 11.5 Å². The Balaban J connectivity index is 1.51. The van der Waals surface area contributed by atoms with Crippen LogP contribution in [0.1, 0.15) is 84.8 Å². The zero-order chi connectivity index (χ0) is 19.4. The summed E-state index contributed by atoms with van der Waals surface area (Å²) in [6.07, 6.45) is 6.00. The molecular formula is C21H27N5O2. The van der Waals surface area contributed by atoms with E-state index < -0.39 is 0 Å². The van der Waals surface area contributed by atoms with E-state index in [2.05, 4.69) is 18.8 Å². The third-order valence-corrected chi connectivity index (χ3v) is 6.16. The van der Waals surface area contributed by atoms with Crippen molar-refractivity contribution < 1.29 is 4.79 Å². The molecule has 0 radical (unpaired) electrons. The van der Waals surface area contributed by atoms with Gasteiger partial charge < -0.3 is 9.88 Å². The SMILES string of the molecule is CC(C)C[C@H]1c2nc(C3CC3)nn2CCN1C(=O)c1cc2c([nH]c1=O)CCC2. The fourth-order valence-corrected chi connectivity index (χ4v) is 4.54. The van der Waals surface area contributed by atoms with Gasteiger partial charge in [-0.25, -0.2) is 9.67 Å². The number of rotatable bonds is 4. The smallest absolute Gasteiger partial charge is 0.261 e. The third-order valence-electron chi connectivity index (χ3n) is 6.16. The highest BCUT2D eigenvalue weighted by Gasteiger charge is 2.38. The van der Waals surface area contributed by atoms with Crippen LogP contribution in [0.5, 0.6) is 0 Å². The van der Waals surface area contributed by atoms with Crippen molar-refractivity contribution in [3.05, 3.63) is 44.9 Å². The molecule has 2 aliphatic carbocycles. The van der Waals surface area contributed by atoms with Crippen LogP contribution in [0.3, 0.4) is 0 Å². The van der Waals surface area contributed by atoms with Gasteiger partial charge in [-0.15, -0.1) is 0 Å². The van der Waals surface area contributed by atoms with E-state index >= 15 is 0 Å². The molecule has 1 amide bonds. The van der Waals surface area contributed by atoms with Gasteiger partial charge in [0.1, 0.15) is 11.4 Å². The van der Waals surface area contributed by atoms with Crippen molar-refractivity contribution in [3.8, 4) is 0 Å². The molecule has 2 aromatic heterocycles. The van der Waals surface area contributed by atoms with Crippen molar-refractivity contribution >= 4 is 5.91 Å². The number of H-pyrrole nitrogens is 1. The van der Waals surface area contributed by atoms with Crippen LogP contribution in [0, 0.1) is 5.92 Å². The molecule has 0 aromatic carbocycles. The van der Waals surface area contributed by atoms with Gasteiger partial charge in [-0.1, -0.05) is 13.8 Å². The number of aryl methyl sites for hydroxylation is 2. The summed E-state index contributed by atoms with van der Waals surface area (Å²) in [5, 5.41) is 4.70. The van der Waals surface area contributed by atoms with E-state index in [9.17, 15) is 9.59 Å². The van der Waals surface area contributed by atoms with Crippen LogP contribution in [-0.4, -0.2) is 37.1 Å². The Morgan fingerprint density at radius 3 is 2.86 bits per heavy atom. The summed E-state index contributed by atoms with van der Waals surface area (Å²) >= 11 is 0. The number of fused-ring (bicyclic) bond motifs is 2. The van der Waals surface area contributed by atoms with Gasteiger partial charge in [-0.05, 0) is 56.1 Å². The average molecular weight is 381 g/mol. The minimum absolute atomic E-state index is 0.131. The maximum Gasteiger partial charge on any atom is 0.261 e. The molecule has 0 unspecified atom stereocenters. The van der Waals surface area contributed by atoms with E-state index in [1.54, 1.807) is 0 Å². The second kappa shape index (κ2) is 6.57. The molecule has 3 heterocycles. The van der Waals surface area contributed by atoms with Crippen molar-refractivity contribution in [2.45, 2.75) is 70.9 Å². The molecule has 3 aliphatic rings. The molecule has 1 fully saturated rings. The number of carbonyl (C=O) groups is 1. The van der Waals surface area contributed by atoms with Crippen molar-refractivity contribution in [1.29, 1.82) is 0 Å². The first-order valence-corrected chi connectivity index (χ1v) is 10.5. The van der Waals surface area contributed by atoms with E-state index in [4.69, 9.17) is 10.1 Å². The van der Waals surface area contributed by atoms with Gasteiger partial charge in [0, 0.05) is 18.2 Å². The highest BCUT2D eigenvalue weighted by molar-refractivity contribution is 5.94. The lowest BCUT2D eigenvalue weighted by Crippen LogP contribution is -2.44. The molecule has 28 heavy (non-hydrogen) atoms. The molecule has 2 aromatic rings. The summed E-state index contributed by atoms with van der Waals surface area (Å²) in [6, 6.07) is 1.69. The first-order valence-electron chi connectivity index (χ1n) is 10.5. The van der Waals surface area contributed by atoms with Gasteiger partial charge in [0.15, 0.2) is 5.82 Å². The van der Waals surface area contributed by atoms with Gasteiger partial charge in [-0.3, -0.25) is 9.59 Å². The number of amides is 1. The summed E-state index contributed by atoms with van der Waals surface area (Å²) in [6.45, 7) is 5.51. The number of carbonyl (C=O) groups excluding carboxylic acids is 1. The summed E-state index contributed by atoms with van der Waals surface area (Å²) in [7, 11) is 0. The maximum absolute atomic E-state index is 13.4. The first-order chi connectivity index (χ1) is 13.5. The Kier molecular flexibility index (Phi) is 4.14. The molecule has 0 bridgehead atoms. The zero-order valence-electron chi connectivity index (χ0n) is 16.6. The Labute approximate surface area is 164 Å². The van der Waals surface area contributed by atoms with Gasteiger partial charge >= 0.3 is 0 Å². The molecule has 148 valence electrons. The van der Waals surface area contributed by atoms with E-state index in [1.165, 1.54) is 0 Å². The predicted molar refractivity (Wildman–Crippen MR) is 104 cm³/mol. The number of aromatic amines is 1. The lowest BCUT2D eigenvalue weighted by molar-refractivity contribution is 0.0576. The van der Waals surface area contributed by atoms with Crippen molar-refractivity contribution in [2.24, 2.45) is 5.92 Å². The highest BCUT2D eigenvalue weighted by atomic mass is 16.2. The van der Waals surface area contributed by atoms with Crippen LogP contribution in [0.25, 0.3) is 0 Å². The summed E-state index contributed by atoms with van der Waals surface area (Å²) in [4.78, 5) is 35.6. The fourth-order valence-electron chi connectivity index (χ4n) is 4.54. The Hall–Kier alpha value is -2.44. The van der Waals surface area contributed by atoms with E-state index in [0.717, 1.165) is 61.4 Å². The van der Waals surface area contributed by atoms with Crippen molar-refractivity contribution in [1.82, 2.24) is 24.6 Å². The standard InChI is InChI=1S/C21H27N5O2/c1-12(2)10-17-19-23-18(13-6-7-13)24-26(19)9-8-25(17)21(28)15-11-14-4-3-5-16(14)22-20(15)27/h11-13,17H,3-10H2,1-2H3,(H,22,27)/t17-/m0/s1. The van der Waals surface area contributed by atoms with Crippen molar-refractivity contribution in [2.75, 3.05) is 6.54 Å². The molecule has 0 saturated heterocycles. The summed E-state index contributed by atoms with van der Waals surface area (Å²) < 4.78 is 1.98. The molecular weight excluding hydrogens is 354 g/mol. The number of hydrogen-bond donors (Lipinski definition) is 1. The lowest BCUT2D eigenvalue weighted by Gasteiger charge is -2.36. The molecule has 1 aliphatic heterocycles. The number of hydrogen-bond acceptors (Lipinski definition) is 4. The topological polar surface area (TPSA) is 83.9 Å². The van der Waals surface area contributed by atoms with E-state index in [1.807, 2.05) is 15.6 Å². The van der Waals surface area contributed by atoms with Crippen LogP contribution in [0.2, 0.25) is 0 Å². The van der Waals surface area contributed by atoms with Gasteiger partial charge in [0.2, 0.25) is 0 Å². The van der Waals surface area contributed by atoms with Crippen molar-refractivity contribution in [3.63, 3.8) is 0 Å². The average Bonchev–Trinajstić information content (AvgIpc) is 3.25. The van der Waals surface area contributed by atoms with Crippen LogP contribution in [0.15, 0.2) is 10.9 Å². The zero-order valence-corrected chi connectivity index (χ0v) is 16.6. The lowest BCUT2D eigenvalue weighted by atomic mass is 9.99. The number of pyridine rings is 1. The minimum atomic E-state index is -0.264. The second-order valence-electron chi connectivity index (χ2n) is 8.84. The van der Waals surface area contributed by atoms with Crippen LogP contribution in [0.4, 0.5) is 0 Å².